The fourth-order valence-electron chi connectivity index (χ4n) is 3.04. The van der Waals surface area contributed by atoms with Gasteiger partial charge in [-0.25, -0.2) is 9.97 Å². The summed E-state index contributed by atoms with van der Waals surface area (Å²) in [6.07, 6.45) is 2.01. The zero-order valence-corrected chi connectivity index (χ0v) is 16.4. The minimum atomic E-state index is -0.190. The summed E-state index contributed by atoms with van der Waals surface area (Å²) in [7, 11) is 0. The summed E-state index contributed by atoms with van der Waals surface area (Å²) in [5.41, 5.74) is 9.61. The van der Waals surface area contributed by atoms with Crippen LogP contribution in [0.25, 0.3) is 33.4 Å². The lowest BCUT2D eigenvalue weighted by Gasteiger charge is -2.14. The van der Waals surface area contributed by atoms with E-state index < -0.39 is 0 Å². The van der Waals surface area contributed by atoms with Gasteiger partial charge in [0.2, 0.25) is 5.91 Å². The number of hydrogen-bond acceptors (Lipinski definition) is 5. The third kappa shape index (κ3) is 3.75. The molecule has 0 fully saturated rings. The largest absolute Gasteiger partial charge is 0.381 e. The number of anilines is 2. The Labute approximate surface area is 172 Å². The maximum absolute atomic E-state index is 11.9. The molecule has 144 valence electrons. The molecule has 0 aliphatic carbocycles. The van der Waals surface area contributed by atoms with Gasteiger partial charge in [0.1, 0.15) is 0 Å². The van der Waals surface area contributed by atoms with Crippen LogP contribution in [0.2, 0.25) is 5.02 Å². The number of rotatable bonds is 4. The Morgan fingerprint density at radius 3 is 2.55 bits per heavy atom. The summed E-state index contributed by atoms with van der Waals surface area (Å²) >= 11 is 6.48. The summed E-state index contributed by atoms with van der Waals surface area (Å²) in [5, 5.41) is 4.11. The minimum absolute atomic E-state index is 0.156. The van der Waals surface area contributed by atoms with Gasteiger partial charge in [0.25, 0.3) is 0 Å². The van der Waals surface area contributed by atoms with Gasteiger partial charge in [0.05, 0.1) is 21.9 Å². The van der Waals surface area contributed by atoms with Gasteiger partial charge in [-0.3, -0.25) is 9.78 Å². The number of nitrogens with two attached hydrogens (primary N) is 1. The van der Waals surface area contributed by atoms with Crippen molar-refractivity contribution in [2.75, 3.05) is 11.1 Å². The molecule has 7 heteroatoms. The van der Waals surface area contributed by atoms with Crippen molar-refractivity contribution in [2.24, 2.45) is 0 Å². The number of hydrogen-bond donors (Lipinski definition) is 2. The van der Waals surface area contributed by atoms with Crippen molar-refractivity contribution in [2.45, 2.75) is 13.3 Å². The Morgan fingerprint density at radius 1 is 1.03 bits per heavy atom. The van der Waals surface area contributed by atoms with Gasteiger partial charge in [-0.05, 0) is 18.2 Å². The molecule has 0 saturated carbocycles. The molecule has 0 aliphatic rings. The van der Waals surface area contributed by atoms with Crippen LogP contribution in [0.4, 0.5) is 11.6 Å². The normalized spacial score (nSPS) is 10.8. The highest BCUT2D eigenvalue weighted by Crippen LogP contribution is 2.35. The maximum Gasteiger partial charge on any atom is 0.225 e. The Hall–Kier alpha value is -3.51. The third-order valence-electron chi connectivity index (χ3n) is 4.48. The Bertz CT molecular complexity index is 1210. The van der Waals surface area contributed by atoms with Crippen LogP contribution in [0.5, 0.6) is 0 Å². The predicted molar refractivity (Wildman–Crippen MR) is 117 cm³/mol. The van der Waals surface area contributed by atoms with E-state index in [0.717, 1.165) is 16.5 Å². The molecular weight excluding hydrogens is 386 g/mol. The lowest BCUT2D eigenvalue weighted by Crippen LogP contribution is -2.14. The molecule has 0 spiro atoms. The van der Waals surface area contributed by atoms with E-state index in [0.29, 0.717) is 28.3 Å². The highest BCUT2D eigenvalue weighted by atomic mass is 35.5. The van der Waals surface area contributed by atoms with Crippen molar-refractivity contribution in [3.8, 4) is 22.5 Å². The number of halogens is 1. The van der Waals surface area contributed by atoms with E-state index in [1.54, 1.807) is 19.2 Å². The van der Waals surface area contributed by atoms with E-state index in [2.05, 4.69) is 20.3 Å². The van der Waals surface area contributed by atoms with Crippen LogP contribution in [0.1, 0.15) is 13.3 Å². The van der Waals surface area contributed by atoms with Crippen LogP contribution in [0, 0.1) is 0 Å². The monoisotopic (exact) mass is 403 g/mol. The first-order valence-electron chi connectivity index (χ1n) is 9.14. The van der Waals surface area contributed by atoms with Gasteiger partial charge >= 0.3 is 0 Å². The summed E-state index contributed by atoms with van der Waals surface area (Å²) in [6.45, 7) is 1.76. The van der Waals surface area contributed by atoms with E-state index in [9.17, 15) is 4.79 Å². The number of nitrogens with zero attached hydrogens (tertiary/aromatic N) is 3. The highest BCUT2D eigenvalue weighted by Gasteiger charge is 2.18. The van der Waals surface area contributed by atoms with E-state index in [1.807, 2.05) is 48.5 Å². The summed E-state index contributed by atoms with van der Waals surface area (Å²) in [6, 6.07) is 17.2. The van der Waals surface area contributed by atoms with E-state index in [1.165, 1.54) is 0 Å². The first-order chi connectivity index (χ1) is 14.1. The lowest BCUT2D eigenvalue weighted by atomic mass is 10.0. The molecule has 4 aromatic rings. The van der Waals surface area contributed by atoms with Crippen molar-refractivity contribution < 1.29 is 4.79 Å². The molecule has 2 heterocycles. The quantitative estimate of drug-likeness (QED) is 0.503. The highest BCUT2D eigenvalue weighted by molar-refractivity contribution is 6.35. The lowest BCUT2D eigenvalue weighted by molar-refractivity contribution is -0.115. The van der Waals surface area contributed by atoms with Gasteiger partial charge < -0.3 is 11.1 Å². The van der Waals surface area contributed by atoms with Crippen LogP contribution in [-0.2, 0) is 4.79 Å². The van der Waals surface area contributed by atoms with Gasteiger partial charge in [-0.2, -0.15) is 0 Å². The molecule has 2 aromatic heterocycles. The number of pyridine rings is 1. The van der Waals surface area contributed by atoms with Crippen LogP contribution >= 0.6 is 11.6 Å². The first kappa shape index (κ1) is 18.8. The molecule has 1 amide bonds. The molecule has 0 atom stereocenters. The predicted octanol–water partition coefficient (Wildman–Crippen LogP) is 4.94. The average Bonchev–Trinajstić information content (AvgIpc) is 2.75. The molecule has 0 radical (unpaired) electrons. The van der Waals surface area contributed by atoms with Crippen molar-refractivity contribution in [1.82, 2.24) is 15.0 Å². The number of nitrogens with one attached hydrogen (secondary N) is 1. The van der Waals surface area contributed by atoms with E-state index >= 15 is 0 Å². The fraction of sp³-hybridized carbons (Fsp3) is 0.0909. The van der Waals surface area contributed by atoms with Crippen LogP contribution < -0.4 is 11.1 Å². The molecular formula is C22H18ClN5O. The molecule has 0 saturated heterocycles. The standard InChI is InChI=1S/C22H18ClN5O/c1-2-17(29)26-22-21(24)27-19(13-7-4-3-5-8-13)20(28-22)15-11-14-9-6-10-25-18(14)16(23)12-15/h3-12H,2H2,1H3,(H2,24,27)(H,26,28,29). The second-order valence-electron chi connectivity index (χ2n) is 6.46. The molecule has 4 rings (SSSR count). The van der Waals surface area contributed by atoms with Crippen molar-refractivity contribution in [3.63, 3.8) is 0 Å². The van der Waals surface area contributed by atoms with Gasteiger partial charge in [-0.1, -0.05) is 54.9 Å². The number of carbonyl (C=O) groups excluding carboxylic acids is 1. The molecule has 3 N–H and O–H groups in total. The van der Waals surface area contributed by atoms with Crippen molar-refractivity contribution in [1.29, 1.82) is 0 Å². The first-order valence-corrected chi connectivity index (χ1v) is 9.52. The second kappa shape index (κ2) is 7.85. The summed E-state index contributed by atoms with van der Waals surface area (Å²) < 4.78 is 0. The molecule has 0 unspecified atom stereocenters. The Morgan fingerprint density at radius 2 is 1.79 bits per heavy atom. The number of nitrogen functional groups attached to an aromatic ring is 1. The van der Waals surface area contributed by atoms with Crippen molar-refractivity contribution in [3.05, 3.63) is 65.8 Å². The topological polar surface area (TPSA) is 93.8 Å². The number of amides is 1. The summed E-state index contributed by atoms with van der Waals surface area (Å²) in [5.74, 6) is 0.196. The maximum atomic E-state index is 11.9. The Balaban J connectivity index is 1.97. The van der Waals surface area contributed by atoms with Gasteiger partial charge in [-0.15, -0.1) is 0 Å². The second-order valence-corrected chi connectivity index (χ2v) is 6.86. The minimum Gasteiger partial charge on any atom is -0.381 e. The molecule has 0 bridgehead atoms. The molecule has 6 nitrogen and oxygen atoms in total. The van der Waals surface area contributed by atoms with Crippen LogP contribution in [-0.4, -0.2) is 20.9 Å². The Kier molecular flexibility index (Phi) is 5.10. The van der Waals surface area contributed by atoms with Gasteiger partial charge in [0.15, 0.2) is 11.6 Å². The zero-order valence-electron chi connectivity index (χ0n) is 15.7. The van der Waals surface area contributed by atoms with E-state index in [4.69, 9.17) is 17.3 Å². The molecule has 29 heavy (non-hydrogen) atoms. The molecule has 2 aromatic carbocycles. The molecule has 0 aliphatic heterocycles. The third-order valence-corrected chi connectivity index (χ3v) is 4.77. The summed E-state index contributed by atoms with van der Waals surface area (Å²) in [4.78, 5) is 25.4. The average molecular weight is 404 g/mol. The fourth-order valence-corrected chi connectivity index (χ4v) is 3.32. The smallest absolute Gasteiger partial charge is 0.225 e. The van der Waals surface area contributed by atoms with Crippen molar-refractivity contribution >= 4 is 40.0 Å². The SMILES string of the molecule is CCC(=O)Nc1nc(-c2cc(Cl)c3ncccc3c2)c(-c2ccccc2)nc1N. The number of fused-ring (bicyclic) bond motifs is 1. The number of benzene rings is 2. The zero-order chi connectivity index (χ0) is 20.4. The van der Waals surface area contributed by atoms with Gasteiger partial charge in [0, 0.05) is 29.1 Å². The van der Waals surface area contributed by atoms with E-state index in [-0.39, 0.29) is 17.5 Å². The van der Waals surface area contributed by atoms with Crippen LogP contribution in [0.3, 0.4) is 0 Å². The number of carbonyl (C=O) groups is 1. The number of aromatic nitrogens is 3. The van der Waals surface area contributed by atoms with Crippen LogP contribution in [0.15, 0.2) is 60.8 Å².